The van der Waals surface area contributed by atoms with E-state index in [-0.39, 0.29) is 25.2 Å². The first-order valence-electron chi connectivity index (χ1n) is 8.03. The molecule has 0 bridgehead atoms. The van der Waals surface area contributed by atoms with Crippen molar-refractivity contribution in [3.8, 4) is 11.5 Å². The van der Waals surface area contributed by atoms with Gasteiger partial charge in [0.25, 0.3) is 5.91 Å². The Morgan fingerprint density at radius 3 is 2.56 bits per heavy atom. The molecule has 0 aliphatic carbocycles. The van der Waals surface area contributed by atoms with Crippen molar-refractivity contribution in [3.05, 3.63) is 59.7 Å². The average molecular weight is 340 g/mol. The van der Waals surface area contributed by atoms with E-state index < -0.39 is 5.91 Å². The molecule has 1 unspecified atom stereocenters. The molecule has 1 aliphatic rings. The molecular formula is C19H20N2O4. The normalized spacial score (nSPS) is 13.3. The molecule has 0 spiro atoms. The molecule has 6 heteroatoms. The van der Waals surface area contributed by atoms with E-state index in [0.717, 1.165) is 5.56 Å². The van der Waals surface area contributed by atoms with Gasteiger partial charge in [0, 0.05) is 25.1 Å². The van der Waals surface area contributed by atoms with Gasteiger partial charge in [-0.1, -0.05) is 30.3 Å². The molecule has 1 aliphatic heterocycles. The van der Waals surface area contributed by atoms with Gasteiger partial charge in [-0.05, 0) is 30.2 Å². The molecular weight excluding hydrogens is 320 g/mol. The van der Waals surface area contributed by atoms with Gasteiger partial charge in [-0.15, -0.1) is 0 Å². The molecule has 3 rings (SSSR count). The third-order valence-corrected chi connectivity index (χ3v) is 4.24. The van der Waals surface area contributed by atoms with Crippen LogP contribution in [-0.4, -0.2) is 36.6 Å². The van der Waals surface area contributed by atoms with Crippen LogP contribution in [0.15, 0.2) is 48.5 Å². The molecule has 2 aromatic rings. The Morgan fingerprint density at radius 1 is 1.12 bits per heavy atom. The highest BCUT2D eigenvalue weighted by molar-refractivity contribution is 5.95. The molecule has 6 nitrogen and oxygen atoms in total. The molecule has 0 saturated carbocycles. The second-order valence-electron chi connectivity index (χ2n) is 6.00. The number of likely N-dealkylation sites (N-methyl/N-ethyl adjacent to an activating group) is 1. The minimum absolute atomic E-state index is 0.0989. The zero-order valence-corrected chi connectivity index (χ0v) is 14.0. The molecule has 0 aromatic heterocycles. The third kappa shape index (κ3) is 3.91. The van der Waals surface area contributed by atoms with E-state index >= 15 is 0 Å². The first-order valence-corrected chi connectivity index (χ1v) is 8.03. The highest BCUT2D eigenvalue weighted by Gasteiger charge is 2.25. The number of carbonyl (C=O) groups is 2. The van der Waals surface area contributed by atoms with Crippen LogP contribution >= 0.6 is 0 Å². The highest BCUT2D eigenvalue weighted by Crippen LogP contribution is 2.33. The van der Waals surface area contributed by atoms with Crippen molar-refractivity contribution in [1.29, 1.82) is 0 Å². The SMILES string of the molecule is CN(C(=O)c1ccc2c(c1)OCO2)C(CC(N)=O)Cc1ccccc1. The van der Waals surface area contributed by atoms with Crippen LogP contribution in [0.3, 0.4) is 0 Å². The van der Waals surface area contributed by atoms with Crippen LogP contribution in [0.2, 0.25) is 0 Å². The molecule has 2 aromatic carbocycles. The molecule has 0 fully saturated rings. The quantitative estimate of drug-likeness (QED) is 0.872. The van der Waals surface area contributed by atoms with Gasteiger partial charge in [-0.2, -0.15) is 0 Å². The zero-order chi connectivity index (χ0) is 17.8. The van der Waals surface area contributed by atoms with Gasteiger partial charge < -0.3 is 20.1 Å². The summed E-state index contributed by atoms with van der Waals surface area (Å²) in [6, 6.07) is 14.4. The summed E-state index contributed by atoms with van der Waals surface area (Å²) in [6.45, 7) is 0.154. The number of amides is 2. The van der Waals surface area contributed by atoms with Crippen LogP contribution in [0.4, 0.5) is 0 Å². The molecule has 1 heterocycles. The lowest BCUT2D eigenvalue weighted by Gasteiger charge is -2.28. The van der Waals surface area contributed by atoms with Crippen LogP contribution in [0.25, 0.3) is 0 Å². The molecule has 0 saturated heterocycles. The number of ether oxygens (including phenoxy) is 2. The topological polar surface area (TPSA) is 81.9 Å². The standard InChI is InChI=1S/C19H20N2O4/c1-21(15(11-18(20)22)9-13-5-3-2-4-6-13)19(23)14-7-8-16-17(10-14)25-12-24-16/h2-8,10,15H,9,11-12H2,1H3,(H2,20,22). The van der Waals surface area contributed by atoms with Crippen LogP contribution in [0.1, 0.15) is 22.3 Å². The Hall–Kier alpha value is -3.02. The maximum Gasteiger partial charge on any atom is 0.254 e. The summed E-state index contributed by atoms with van der Waals surface area (Å²) in [5.41, 5.74) is 6.91. The Labute approximate surface area is 146 Å². The third-order valence-electron chi connectivity index (χ3n) is 4.24. The van der Waals surface area contributed by atoms with E-state index in [1.54, 1.807) is 30.1 Å². The molecule has 1 atom stereocenters. The smallest absolute Gasteiger partial charge is 0.254 e. The summed E-state index contributed by atoms with van der Waals surface area (Å²) in [4.78, 5) is 25.9. The summed E-state index contributed by atoms with van der Waals surface area (Å²) in [6.07, 6.45) is 0.651. The van der Waals surface area contributed by atoms with E-state index in [1.807, 2.05) is 30.3 Å². The van der Waals surface area contributed by atoms with Crippen molar-refractivity contribution in [3.63, 3.8) is 0 Å². The lowest BCUT2D eigenvalue weighted by atomic mass is 10.0. The van der Waals surface area contributed by atoms with Gasteiger partial charge in [-0.3, -0.25) is 9.59 Å². The van der Waals surface area contributed by atoms with Crippen molar-refractivity contribution in [2.24, 2.45) is 5.73 Å². The fourth-order valence-electron chi connectivity index (χ4n) is 2.86. The van der Waals surface area contributed by atoms with Gasteiger partial charge in [-0.25, -0.2) is 0 Å². The largest absolute Gasteiger partial charge is 0.454 e. The first-order chi connectivity index (χ1) is 12.0. The Morgan fingerprint density at radius 2 is 1.84 bits per heavy atom. The Balaban J connectivity index is 1.79. The number of fused-ring (bicyclic) bond motifs is 1. The van der Waals surface area contributed by atoms with Crippen molar-refractivity contribution in [2.75, 3.05) is 13.8 Å². The summed E-state index contributed by atoms with van der Waals surface area (Å²) in [5.74, 6) is 0.540. The van der Waals surface area contributed by atoms with Gasteiger partial charge in [0.1, 0.15) is 0 Å². The average Bonchev–Trinajstić information content (AvgIpc) is 3.08. The predicted molar refractivity (Wildman–Crippen MR) is 92.4 cm³/mol. The number of rotatable bonds is 6. The monoisotopic (exact) mass is 340 g/mol. The van der Waals surface area contributed by atoms with Crippen LogP contribution in [0.5, 0.6) is 11.5 Å². The number of carbonyl (C=O) groups excluding carboxylic acids is 2. The predicted octanol–water partition coefficient (Wildman–Crippen LogP) is 1.97. The fourth-order valence-corrected chi connectivity index (χ4v) is 2.86. The van der Waals surface area contributed by atoms with Gasteiger partial charge in [0.05, 0.1) is 0 Å². The number of hydrogen-bond acceptors (Lipinski definition) is 4. The minimum atomic E-state index is -0.439. The number of hydrogen-bond donors (Lipinski definition) is 1. The molecule has 0 radical (unpaired) electrons. The minimum Gasteiger partial charge on any atom is -0.454 e. The van der Waals surface area contributed by atoms with Gasteiger partial charge in [0.2, 0.25) is 12.7 Å². The Bertz CT molecular complexity index is 776. The first kappa shape index (κ1) is 16.8. The number of primary amides is 1. The van der Waals surface area contributed by atoms with E-state index in [4.69, 9.17) is 15.2 Å². The molecule has 130 valence electrons. The lowest BCUT2D eigenvalue weighted by molar-refractivity contribution is -0.118. The fraction of sp³-hybridized carbons (Fsp3) is 0.263. The molecule has 2 N–H and O–H groups in total. The second-order valence-corrected chi connectivity index (χ2v) is 6.00. The molecule has 2 amide bonds. The highest BCUT2D eigenvalue weighted by atomic mass is 16.7. The van der Waals surface area contributed by atoms with Crippen LogP contribution in [-0.2, 0) is 11.2 Å². The van der Waals surface area contributed by atoms with Crippen molar-refractivity contribution < 1.29 is 19.1 Å². The summed E-state index contributed by atoms with van der Waals surface area (Å²) < 4.78 is 10.6. The second kappa shape index (κ2) is 7.25. The number of nitrogens with zero attached hydrogens (tertiary/aromatic N) is 1. The lowest BCUT2D eigenvalue weighted by Crippen LogP contribution is -2.41. The van der Waals surface area contributed by atoms with Gasteiger partial charge in [0.15, 0.2) is 11.5 Å². The molecule has 25 heavy (non-hydrogen) atoms. The maximum absolute atomic E-state index is 12.8. The number of nitrogens with two attached hydrogens (primary N) is 1. The van der Waals surface area contributed by atoms with Crippen LogP contribution < -0.4 is 15.2 Å². The van der Waals surface area contributed by atoms with E-state index in [9.17, 15) is 9.59 Å². The van der Waals surface area contributed by atoms with E-state index in [2.05, 4.69) is 0 Å². The zero-order valence-electron chi connectivity index (χ0n) is 14.0. The summed E-state index contributed by atoms with van der Waals surface area (Å²) >= 11 is 0. The van der Waals surface area contributed by atoms with Crippen molar-refractivity contribution in [2.45, 2.75) is 18.9 Å². The van der Waals surface area contributed by atoms with Crippen LogP contribution in [0, 0.1) is 0 Å². The maximum atomic E-state index is 12.8. The van der Waals surface area contributed by atoms with Crippen molar-refractivity contribution in [1.82, 2.24) is 4.90 Å². The Kier molecular flexibility index (Phi) is 4.88. The van der Waals surface area contributed by atoms with Gasteiger partial charge >= 0.3 is 0 Å². The van der Waals surface area contributed by atoms with E-state index in [1.165, 1.54) is 0 Å². The number of benzene rings is 2. The van der Waals surface area contributed by atoms with Crippen molar-refractivity contribution >= 4 is 11.8 Å². The summed E-state index contributed by atoms with van der Waals surface area (Å²) in [5, 5.41) is 0. The summed E-state index contributed by atoms with van der Waals surface area (Å²) in [7, 11) is 1.68. The van der Waals surface area contributed by atoms with E-state index in [0.29, 0.717) is 23.5 Å².